The van der Waals surface area contributed by atoms with Gasteiger partial charge in [-0.05, 0) is 0 Å². The van der Waals surface area contributed by atoms with Crippen molar-refractivity contribution in [1.29, 1.82) is 0 Å². The molecule has 10 heteroatoms. The lowest BCUT2D eigenvalue weighted by molar-refractivity contribution is -0.487. The van der Waals surface area contributed by atoms with Gasteiger partial charge in [0.25, 0.3) is 0 Å². The van der Waals surface area contributed by atoms with Gasteiger partial charge >= 0.3 is 12.1 Å². The fourth-order valence-corrected chi connectivity index (χ4v) is 1.08. The van der Waals surface area contributed by atoms with Crippen molar-refractivity contribution in [3.05, 3.63) is 20.2 Å². The molecule has 2 unspecified atom stereocenters. The van der Waals surface area contributed by atoms with E-state index in [0.717, 1.165) is 26.3 Å². The van der Waals surface area contributed by atoms with Gasteiger partial charge in [0, 0.05) is 23.7 Å². The molecule has 0 aliphatic rings. The molecule has 0 spiro atoms. The first-order valence-corrected chi connectivity index (χ1v) is 5.55. The second-order valence-corrected chi connectivity index (χ2v) is 3.79. The van der Waals surface area contributed by atoms with E-state index in [2.05, 4.69) is 9.98 Å². The molecule has 0 bridgehead atoms. The van der Waals surface area contributed by atoms with Crippen molar-refractivity contribution in [3.8, 4) is 0 Å². The molecule has 0 aromatic carbocycles. The van der Waals surface area contributed by atoms with E-state index >= 15 is 0 Å². The molecule has 2 atom stereocenters. The van der Waals surface area contributed by atoms with Crippen molar-refractivity contribution in [2.75, 3.05) is 13.1 Å². The maximum absolute atomic E-state index is 10.9. The Morgan fingerprint density at radius 3 is 1.45 bits per heavy atom. The van der Waals surface area contributed by atoms with Crippen LogP contribution in [-0.2, 0) is 9.59 Å². The summed E-state index contributed by atoms with van der Waals surface area (Å²) in [6, 6.07) is -2.99. The van der Waals surface area contributed by atoms with E-state index in [1.807, 2.05) is 0 Å². The number of hydrogen-bond acceptors (Lipinski definition) is 8. The summed E-state index contributed by atoms with van der Waals surface area (Å²) < 4.78 is 0. The quantitative estimate of drug-likeness (QED) is 0.244. The third kappa shape index (κ3) is 6.42. The molecule has 0 aliphatic heterocycles. The Morgan fingerprint density at radius 1 is 0.950 bits per heavy atom. The lowest BCUT2D eigenvalue weighted by Gasteiger charge is -1.99. The van der Waals surface area contributed by atoms with Gasteiger partial charge in [-0.2, -0.15) is 0 Å². The van der Waals surface area contributed by atoms with Gasteiger partial charge in [0.2, 0.25) is 11.6 Å². The summed E-state index contributed by atoms with van der Waals surface area (Å²) in [4.78, 5) is 48.4. The highest BCUT2D eigenvalue weighted by molar-refractivity contribution is 5.96. The van der Waals surface area contributed by atoms with Crippen LogP contribution in [0.15, 0.2) is 9.98 Å². The van der Waals surface area contributed by atoms with E-state index < -0.39 is 33.5 Å². The maximum atomic E-state index is 10.9. The SMILES string of the molecule is CC(=O)C(/C=N/CC/N=C/C(C(C)=O)[N+](=O)[O-])[N+](=O)[O-]. The van der Waals surface area contributed by atoms with E-state index in [-0.39, 0.29) is 13.1 Å². The molecule has 10 nitrogen and oxygen atoms in total. The lowest BCUT2D eigenvalue weighted by Crippen LogP contribution is -2.29. The molecule has 0 amide bonds. The predicted octanol–water partition coefficient (Wildman–Crippen LogP) is -0.403. The van der Waals surface area contributed by atoms with Gasteiger partial charge in [0.05, 0.1) is 25.5 Å². The smallest absolute Gasteiger partial charge is 0.292 e. The molecule has 110 valence electrons. The summed E-state index contributed by atoms with van der Waals surface area (Å²) in [5, 5.41) is 20.9. The minimum Gasteiger partial charge on any atom is -0.292 e. The Bertz CT molecular complexity index is 389. The summed E-state index contributed by atoms with van der Waals surface area (Å²) in [5.41, 5.74) is 0. The zero-order valence-electron chi connectivity index (χ0n) is 11.0. The number of hydrogen-bond donors (Lipinski definition) is 0. The monoisotopic (exact) mass is 286 g/mol. The molecule has 0 heterocycles. The van der Waals surface area contributed by atoms with Crippen LogP contribution < -0.4 is 0 Å². The van der Waals surface area contributed by atoms with E-state index in [4.69, 9.17) is 0 Å². The Morgan fingerprint density at radius 2 is 1.25 bits per heavy atom. The number of ketones is 2. The highest BCUT2D eigenvalue weighted by Gasteiger charge is 2.23. The minimum atomic E-state index is -1.50. The van der Waals surface area contributed by atoms with Crippen molar-refractivity contribution in [3.63, 3.8) is 0 Å². The van der Waals surface area contributed by atoms with Crippen LogP contribution >= 0.6 is 0 Å². The average Bonchev–Trinajstić information content (AvgIpc) is 2.30. The molecule has 0 N–H and O–H groups in total. The predicted molar refractivity (Wildman–Crippen MR) is 69.6 cm³/mol. The minimum absolute atomic E-state index is 0.0243. The zero-order chi connectivity index (χ0) is 15.7. The Balaban J connectivity index is 4.31. The van der Waals surface area contributed by atoms with Crippen molar-refractivity contribution in [1.82, 2.24) is 0 Å². The number of aliphatic imine (C=N–C) groups is 2. The molecule has 0 aromatic heterocycles. The van der Waals surface area contributed by atoms with Crippen molar-refractivity contribution >= 4 is 24.0 Å². The van der Waals surface area contributed by atoms with Crippen LogP contribution in [0.1, 0.15) is 13.8 Å². The largest absolute Gasteiger partial charge is 0.304 e. The Labute approximate surface area is 113 Å². The summed E-state index contributed by atoms with van der Waals surface area (Å²) >= 11 is 0. The molecule has 0 rings (SSSR count). The molecule has 0 saturated heterocycles. The zero-order valence-corrected chi connectivity index (χ0v) is 11.0. The van der Waals surface area contributed by atoms with Crippen LogP contribution in [-0.4, -0.2) is 59.0 Å². The van der Waals surface area contributed by atoms with Gasteiger partial charge < -0.3 is 0 Å². The first-order valence-electron chi connectivity index (χ1n) is 5.55. The molecule has 0 aliphatic carbocycles. The third-order valence-electron chi connectivity index (χ3n) is 2.14. The topological polar surface area (TPSA) is 145 Å². The van der Waals surface area contributed by atoms with E-state index in [0.29, 0.717) is 0 Å². The second kappa shape index (κ2) is 8.56. The van der Waals surface area contributed by atoms with Crippen LogP contribution in [0.4, 0.5) is 0 Å². The number of nitrogens with zero attached hydrogens (tertiary/aromatic N) is 4. The number of carbonyl (C=O) groups excluding carboxylic acids is 2. The van der Waals surface area contributed by atoms with Crippen LogP contribution in [0, 0.1) is 20.2 Å². The van der Waals surface area contributed by atoms with Crippen molar-refractivity contribution in [2.24, 2.45) is 9.98 Å². The van der Waals surface area contributed by atoms with Crippen LogP contribution in [0.25, 0.3) is 0 Å². The molecule has 0 fully saturated rings. The Kier molecular flexibility index (Phi) is 7.48. The summed E-state index contributed by atoms with van der Waals surface area (Å²) in [7, 11) is 0. The summed E-state index contributed by atoms with van der Waals surface area (Å²) in [6.07, 6.45) is 1.79. The van der Waals surface area contributed by atoms with Gasteiger partial charge in [-0.1, -0.05) is 0 Å². The third-order valence-corrected chi connectivity index (χ3v) is 2.14. The van der Waals surface area contributed by atoms with E-state index in [9.17, 15) is 29.8 Å². The fraction of sp³-hybridized carbons (Fsp3) is 0.600. The van der Waals surface area contributed by atoms with Crippen LogP contribution in [0.3, 0.4) is 0 Å². The van der Waals surface area contributed by atoms with Gasteiger partial charge in [-0.15, -0.1) is 0 Å². The first kappa shape index (κ1) is 17.5. The second-order valence-electron chi connectivity index (χ2n) is 3.79. The van der Waals surface area contributed by atoms with Gasteiger partial charge in [-0.25, -0.2) is 0 Å². The molecule has 0 aromatic rings. The Hall–Kier alpha value is -2.52. The standard InChI is InChI=1S/C10H14N4O6/c1-7(15)9(13(17)18)5-11-3-4-12-6-10(8(2)16)14(19)20/h5-6,9-10H,3-4H2,1-2H3/b11-5+,12-6+. The number of rotatable bonds is 9. The number of carbonyl (C=O) groups is 2. The number of nitro groups is 2. The molecule has 0 radical (unpaired) electrons. The van der Waals surface area contributed by atoms with Crippen LogP contribution in [0.2, 0.25) is 0 Å². The molecule has 0 saturated carbocycles. The van der Waals surface area contributed by atoms with Gasteiger partial charge in [0.15, 0.2) is 0 Å². The highest BCUT2D eigenvalue weighted by Crippen LogP contribution is 1.90. The highest BCUT2D eigenvalue weighted by atomic mass is 16.6. The molecule has 20 heavy (non-hydrogen) atoms. The van der Waals surface area contributed by atoms with Gasteiger partial charge in [-0.3, -0.25) is 39.8 Å². The van der Waals surface area contributed by atoms with E-state index in [1.165, 1.54) is 0 Å². The normalized spacial score (nSPS) is 14.3. The molecular formula is C10H14N4O6. The summed E-state index contributed by atoms with van der Waals surface area (Å²) in [5.74, 6) is -1.29. The lowest BCUT2D eigenvalue weighted by atomic mass is 10.2. The number of Topliss-reactive ketones (excluding diaryl/α,β-unsaturated/α-hetero) is 2. The molecular weight excluding hydrogens is 272 g/mol. The summed E-state index contributed by atoms with van der Waals surface area (Å²) in [6.45, 7) is 2.20. The van der Waals surface area contributed by atoms with Crippen molar-refractivity contribution in [2.45, 2.75) is 25.9 Å². The van der Waals surface area contributed by atoms with Gasteiger partial charge in [0.1, 0.15) is 0 Å². The fourth-order valence-electron chi connectivity index (χ4n) is 1.08. The first-order chi connectivity index (χ1) is 9.27. The van der Waals surface area contributed by atoms with Crippen molar-refractivity contribution < 1.29 is 19.4 Å². The van der Waals surface area contributed by atoms with Crippen LogP contribution in [0.5, 0.6) is 0 Å². The van der Waals surface area contributed by atoms with E-state index in [1.54, 1.807) is 0 Å². The maximum Gasteiger partial charge on any atom is 0.304 e. The average molecular weight is 286 g/mol.